The van der Waals surface area contributed by atoms with Gasteiger partial charge < -0.3 is 4.74 Å². The molecule has 1 aliphatic rings. The second-order valence-electron chi connectivity index (χ2n) is 7.50. The maximum absolute atomic E-state index is 13.1. The number of halogens is 3. The number of nitrogens with one attached hydrogen (secondary N) is 1. The Kier molecular flexibility index (Phi) is 7.07. The van der Waals surface area contributed by atoms with Crippen molar-refractivity contribution in [3.05, 3.63) is 97.4 Å². The lowest BCUT2D eigenvalue weighted by atomic mass is 10.1. The number of imide groups is 2. The first-order valence-electron chi connectivity index (χ1n) is 10.1. The fourth-order valence-corrected chi connectivity index (χ4v) is 3.93. The molecule has 1 fully saturated rings. The molecule has 0 radical (unpaired) electrons. The van der Waals surface area contributed by atoms with E-state index in [4.69, 9.17) is 27.9 Å². The van der Waals surface area contributed by atoms with Crippen LogP contribution in [0.3, 0.4) is 0 Å². The molecule has 0 spiro atoms. The fraction of sp³-hybridized carbons (Fsp3) is 0.0800. The Morgan fingerprint density at radius 2 is 1.71 bits per heavy atom. The summed E-state index contributed by atoms with van der Waals surface area (Å²) >= 11 is 15.9. The van der Waals surface area contributed by atoms with Crippen LogP contribution in [0.15, 0.2) is 70.7 Å². The zero-order chi connectivity index (χ0) is 24.4. The molecule has 1 aliphatic heterocycles. The van der Waals surface area contributed by atoms with Gasteiger partial charge >= 0.3 is 6.03 Å². The monoisotopic (exact) mass is 558 g/mol. The van der Waals surface area contributed by atoms with Crippen LogP contribution in [-0.4, -0.2) is 17.8 Å². The lowest BCUT2D eigenvalue weighted by Crippen LogP contribution is -2.54. The van der Waals surface area contributed by atoms with E-state index < -0.39 is 17.8 Å². The van der Waals surface area contributed by atoms with E-state index in [1.807, 2.05) is 24.3 Å². The molecule has 6 nitrogen and oxygen atoms in total. The number of carbonyl (C=O) groups is 3. The van der Waals surface area contributed by atoms with E-state index >= 15 is 0 Å². The summed E-state index contributed by atoms with van der Waals surface area (Å²) in [5.41, 5.74) is 2.30. The molecule has 0 aliphatic carbocycles. The molecule has 9 heteroatoms. The molecular formula is C25H17BrCl2N2O4. The standard InChI is InChI=1S/C25H17BrCl2N2O4/c1-14-2-8-18(12-20(14)27)30-24(32)19(23(31)29-25(30)33)10-16-5-9-22(21(28)11-16)34-13-15-3-6-17(26)7-4-15/h2-12H,13H2,1H3,(H,29,31,33)/b19-10+. The molecule has 4 rings (SSSR count). The van der Waals surface area contributed by atoms with Crippen molar-refractivity contribution in [2.45, 2.75) is 13.5 Å². The molecule has 1 N–H and O–H groups in total. The van der Waals surface area contributed by atoms with Crippen molar-refractivity contribution in [2.24, 2.45) is 0 Å². The lowest BCUT2D eigenvalue weighted by Gasteiger charge is -2.26. The number of amides is 4. The molecule has 0 bridgehead atoms. The van der Waals surface area contributed by atoms with Crippen LogP contribution in [0.4, 0.5) is 10.5 Å². The topological polar surface area (TPSA) is 75.7 Å². The van der Waals surface area contributed by atoms with Crippen LogP contribution in [0.1, 0.15) is 16.7 Å². The normalized spacial score (nSPS) is 15.0. The van der Waals surface area contributed by atoms with E-state index in [9.17, 15) is 14.4 Å². The maximum Gasteiger partial charge on any atom is 0.335 e. The number of carbonyl (C=O) groups excluding carboxylic acids is 3. The van der Waals surface area contributed by atoms with Crippen LogP contribution in [0.2, 0.25) is 10.0 Å². The quantitative estimate of drug-likeness (QED) is 0.293. The van der Waals surface area contributed by atoms with Gasteiger partial charge in [-0.15, -0.1) is 0 Å². The molecule has 172 valence electrons. The van der Waals surface area contributed by atoms with Gasteiger partial charge in [0, 0.05) is 9.50 Å². The highest BCUT2D eigenvalue weighted by Gasteiger charge is 2.37. The molecule has 3 aromatic rings. The largest absolute Gasteiger partial charge is 0.487 e. The van der Waals surface area contributed by atoms with Crippen LogP contribution in [-0.2, 0) is 16.2 Å². The average Bonchev–Trinajstić information content (AvgIpc) is 2.79. The summed E-state index contributed by atoms with van der Waals surface area (Å²) in [5.74, 6) is -1.10. The van der Waals surface area contributed by atoms with Gasteiger partial charge in [0.1, 0.15) is 17.9 Å². The number of anilines is 1. The Labute approximate surface area is 214 Å². The first-order chi connectivity index (χ1) is 16.2. The van der Waals surface area contributed by atoms with Crippen LogP contribution in [0, 0.1) is 6.92 Å². The van der Waals surface area contributed by atoms with E-state index in [-0.39, 0.29) is 11.3 Å². The van der Waals surface area contributed by atoms with Crippen LogP contribution in [0.5, 0.6) is 5.75 Å². The lowest BCUT2D eigenvalue weighted by molar-refractivity contribution is -0.122. The number of hydrogen-bond donors (Lipinski definition) is 1. The molecular weight excluding hydrogens is 543 g/mol. The van der Waals surface area contributed by atoms with Gasteiger partial charge in [-0.1, -0.05) is 63.4 Å². The summed E-state index contributed by atoms with van der Waals surface area (Å²) in [6.07, 6.45) is 1.37. The summed E-state index contributed by atoms with van der Waals surface area (Å²) in [5, 5.41) is 2.89. The third kappa shape index (κ3) is 5.17. The first-order valence-corrected chi connectivity index (χ1v) is 11.6. The Bertz CT molecular complexity index is 1340. The summed E-state index contributed by atoms with van der Waals surface area (Å²) in [6.45, 7) is 2.12. The van der Waals surface area contributed by atoms with Gasteiger partial charge in [0.05, 0.1) is 10.7 Å². The van der Waals surface area contributed by atoms with Crippen molar-refractivity contribution in [3.63, 3.8) is 0 Å². The number of benzene rings is 3. The van der Waals surface area contributed by atoms with Crippen molar-refractivity contribution in [1.82, 2.24) is 5.32 Å². The summed E-state index contributed by atoms with van der Waals surface area (Å²) < 4.78 is 6.75. The van der Waals surface area contributed by atoms with Crippen molar-refractivity contribution in [1.29, 1.82) is 0 Å². The number of rotatable bonds is 5. The molecule has 0 unspecified atom stereocenters. The highest BCUT2D eigenvalue weighted by Crippen LogP contribution is 2.29. The van der Waals surface area contributed by atoms with E-state index in [2.05, 4.69) is 21.2 Å². The zero-order valence-corrected chi connectivity index (χ0v) is 20.9. The predicted octanol–water partition coefficient (Wildman–Crippen LogP) is 6.31. The minimum Gasteiger partial charge on any atom is -0.487 e. The van der Waals surface area contributed by atoms with Gasteiger partial charge in [-0.2, -0.15) is 0 Å². The van der Waals surface area contributed by atoms with Gasteiger partial charge in [0.2, 0.25) is 0 Å². The number of barbiturate groups is 1. The number of hydrogen-bond acceptors (Lipinski definition) is 4. The minimum absolute atomic E-state index is 0.212. The average molecular weight is 560 g/mol. The van der Waals surface area contributed by atoms with Gasteiger partial charge in [-0.25, -0.2) is 9.69 Å². The number of ether oxygens (including phenoxy) is 1. The number of aryl methyl sites for hydroxylation is 1. The molecule has 0 atom stereocenters. The van der Waals surface area contributed by atoms with Crippen LogP contribution in [0.25, 0.3) is 6.08 Å². The molecule has 3 aromatic carbocycles. The summed E-state index contributed by atoms with van der Waals surface area (Å²) in [7, 11) is 0. The highest BCUT2D eigenvalue weighted by molar-refractivity contribution is 9.10. The fourth-order valence-electron chi connectivity index (χ4n) is 3.25. The second kappa shape index (κ2) is 10.0. The highest BCUT2D eigenvalue weighted by atomic mass is 79.9. The second-order valence-corrected chi connectivity index (χ2v) is 9.23. The molecule has 4 amide bonds. The third-order valence-electron chi connectivity index (χ3n) is 5.09. The van der Waals surface area contributed by atoms with Gasteiger partial charge in [0.15, 0.2) is 0 Å². The van der Waals surface area contributed by atoms with E-state index in [0.717, 1.165) is 20.5 Å². The zero-order valence-electron chi connectivity index (χ0n) is 17.8. The van der Waals surface area contributed by atoms with Crippen molar-refractivity contribution in [3.8, 4) is 5.75 Å². The van der Waals surface area contributed by atoms with Crippen LogP contribution >= 0.6 is 39.1 Å². The Morgan fingerprint density at radius 3 is 2.38 bits per heavy atom. The van der Waals surface area contributed by atoms with E-state index in [1.54, 1.807) is 37.3 Å². The van der Waals surface area contributed by atoms with Crippen molar-refractivity contribution < 1.29 is 19.1 Å². The predicted molar refractivity (Wildman–Crippen MR) is 135 cm³/mol. The van der Waals surface area contributed by atoms with E-state index in [0.29, 0.717) is 28.0 Å². The van der Waals surface area contributed by atoms with Crippen molar-refractivity contribution in [2.75, 3.05) is 4.90 Å². The van der Waals surface area contributed by atoms with Gasteiger partial charge in [-0.05, 0) is 66.1 Å². The van der Waals surface area contributed by atoms with E-state index in [1.165, 1.54) is 12.1 Å². The molecule has 0 saturated carbocycles. The molecule has 0 aromatic heterocycles. The number of nitrogens with zero attached hydrogens (tertiary/aromatic N) is 1. The van der Waals surface area contributed by atoms with Gasteiger partial charge in [-0.3, -0.25) is 14.9 Å². The Hall–Kier alpha value is -3.13. The first kappa shape index (κ1) is 24.0. The SMILES string of the molecule is Cc1ccc(N2C(=O)NC(=O)/C(=C\c3ccc(OCc4ccc(Br)cc4)c(Cl)c3)C2=O)cc1Cl. The van der Waals surface area contributed by atoms with Crippen molar-refractivity contribution >= 4 is 68.7 Å². The molecule has 34 heavy (non-hydrogen) atoms. The smallest absolute Gasteiger partial charge is 0.335 e. The molecule has 1 saturated heterocycles. The summed E-state index contributed by atoms with van der Waals surface area (Å²) in [6, 6.07) is 16.5. The maximum atomic E-state index is 13.1. The van der Waals surface area contributed by atoms with Crippen LogP contribution < -0.4 is 15.0 Å². The summed E-state index contributed by atoms with van der Waals surface area (Å²) in [4.78, 5) is 38.7. The Balaban J connectivity index is 1.56. The van der Waals surface area contributed by atoms with Gasteiger partial charge in [0.25, 0.3) is 11.8 Å². The minimum atomic E-state index is -0.846. The number of urea groups is 1. The Morgan fingerprint density at radius 1 is 0.971 bits per heavy atom. The third-order valence-corrected chi connectivity index (χ3v) is 6.32. The molecule has 1 heterocycles.